The molecular formula is C24H27N5O4. The van der Waals surface area contributed by atoms with Crippen LogP contribution in [0.1, 0.15) is 35.4 Å². The zero-order valence-electron chi connectivity index (χ0n) is 18.7. The summed E-state index contributed by atoms with van der Waals surface area (Å²) in [7, 11) is 1.99. The average molecular weight is 450 g/mol. The Hall–Kier alpha value is -3.72. The first-order chi connectivity index (χ1) is 15.9. The van der Waals surface area contributed by atoms with Crippen LogP contribution in [0.2, 0.25) is 0 Å². The quantitative estimate of drug-likeness (QED) is 0.470. The van der Waals surface area contributed by atoms with E-state index in [4.69, 9.17) is 0 Å². The predicted molar refractivity (Wildman–Crippen MR) is 127 cm³/mol. The Morgan fingerprint density at radius 2 is 1.73 bits per heavy atom. The first-order valence-electron chi connectivity index (χ1n) is 11.0. The van der Waals surface area contributed by atoms with Gasteiger partial charge in [-0.25, -0.2) is 4.98 Å². The van der Waals surface area contributed by atoms with Gasteiger partial charge in [-0.05, 0) is 25.1 Å². The standard InChI is InChI=1S/C24H27N5O4/c1-3-16(15-7-5-4-6-8-15)26-18-19(23(32)22(18)31)27-17-9-10-25-20(21(17)30)24(33)29-13-11-28(2)12-14-29/h4-10,16,26,30H,3,11-14H2,1-2H3,(H,25,27)/t16-/m1/s1. The number of likely N-dealkylation sites (N-methyl/N-ethyl adjacent to an activating group) is 1. The van der Waals surface area contributed by atoms with Gasteiger partial charge in [0.1, 0.15) is 11.4 Å². The highest BCUT2D eigenvalue weighted by atomic mass is 16.3. The third-order valence-electron chi connectivity index (χ3n) is 6.02. The Labute approximate surface area is 191 Å². The minimum atomic E-state index is -0.677. The van der Waals surface area contributed by atoms with E-state index in [0.717, 1.165) is 18.7 Å². The lowest BCUT2D eigenvalue weighted by atomic mass is 10.0. The maximum Gasteiger partial charge on any atom is 0.276 e. The summed E-state index contributed by atoms with van der Waals surface area (Å²) in [5, 5.41) is 16.7. The van der Waals surface area contributed by atoms with E-state index >= 15 is 0 Å². The van der Waals surface area contributed by atoms with Gasteiger partial charge in [0, 0.05) is 32.4 Å². The number of amides is 1. The number of pyridine rings is 1. The normalized spacial score (nSPS) is 15.4. The molecule has 0 unspecified atom stereocenters. The summed E-state index contributed by atoms with van der Waals surface area (Å²) in [6.07, 6.45) is 2.09. The number of carbonyl (C=O) groups excluding carboxylic acids is 1. The van der Waals surface area contributed by atoms with Gasteiger partial charge >= 0.3 is 0 Å². The lowest BCUT2D eigenvalue weighted by Gasteiger charge is -2.32. The van der Waals surface area contributed by atoms with Gasteiger partial charge in [-0.2, -0.15) is 0 Å². The zero-order chi connectivity index (χ0) is 23.5. The van der Waals surface area contributed by atoms with Gasteiger partial charge in [0.15, 0.2) is 11.4 Å². The van der Waals surface area contributed by atoms with E-state index in [2.05, 4.69) is 20.5 Å². The Morgan fingerprint density at radius 1 is 1.06 bits per heavy atom. The Bertz CT molecular complexity index is 1210. The van der Waals surface area contributed by atoms with Gasteiger partial charge in [0.25, 0.3) is 16.8 Å². The summed E-state index contributed by atoms with van der Waals surface area (Å²) in [5.41, 5.74) is -0.0184. The topological polar surface area (TPSA) is 115 Å². The minimum Gasteiger partial charge on any atom is -0.504 e. The Kier molecular flexibility index (Phi) is 6.41. The maximum atomic E-state index is 12.9. The highest BCUT2D eigenvalue weighted by molar-refractivity contribution is 5.97. The van der Waals surface area contributed by atoms with Crippen LogP contribution in [0.3, 0.4) is 0 Å². The van der Waals surface area contributed by atoms with E-state index in [0.29, 0.717) is 19.5 Å². The van der Waals surface area contributed by atoms with Crippen LogP contribution in [0.4, 0.5) is 17.1 Å². The Morgan fingerprint density at radius 3 is 2.39 bits per heavy atom. The highest BCUT2D eigenvalue weighted by Gasteiger charge is 2.27. The molecule has 0 bridgehead atoms. The molecule has 1 saturated heterocycles. The van der Waals surface area contributed by atoms with Crippen LogP contribution in [-0.4, -0.2) is 59.0 Å². The molecule has 0 radical (unpaired) electrons. The fourth-order valence-corrected chi connectivity index (χ4v) is 3.93. The lowest BCUT2D eigenvalue weighted by molar-refractivity contribution is 0.0655. The molecule has 0 saturated carbocycles. The smallest absolute Gasteiger partial charge is 0.276 e. The summed E-state index contributed by atoms with van der Waals surface area (Å²) >= 11 is 0. The molecule has 1 amide bonds. The molecule has 9 nitrogen and oxygen atoms in total. The third-order valence-corrected chi connectivity index (χ3v) is 6.02. The Balaban J connectivity index is 1.56. The van der Waals surface area contributed by atoms with Crippen LogP contribution in [0, 0.1) is 0 Å². The fraction of sp³-hybridized carbons (Fsp3) is 0.333. The van der Waals surface area contributed by atoms with Crippen molar-refractivity contribution in [2.24, 2.45) is 0 Å². The number of nitrogens with one attached hydrogen (secondary N) is 2. The van der Waals surface area contributed by atoms with Gasteiger partial charge in [-0.15, -0.1) is 0 Å². The molecule has 0 aliphatic carbocycles. The highest BCUT2D eigenvalue weighted by Crippen LogP contribution is 2.32. The number of anilines is 3. The molecule has 3 N–H and O–H groups in total. The number of aromatic hydroxyl groups is 1. The zero-order valence-corrected chi connectivity index (χ0v) is 18.7. The van der Waals surface area contributed by atoms with Gasteiger partial charge in [-0.1, -0.05) is 37.3 Å². The van der Waals surface area contributed by atoms with Crippen molar-refractivity contribution < 1.29 is 9.90 Å². The molecule has 4 rings (SSSR count). The van der Waals surface area contributed by atoms with Crippen LogP contribution in [0.15, 0.2) is 52.2 Å². The van der Waals surface area contributed by atoms with E-state index < -0.39 is 10.9 Å². The molecule has 1 atom stereocenters. The first kappa shape index (κ1) is 22.5. The summed E-state index contributed by atoms with van der Waals surface area (Å²) in [4.78, 5) is 45.3. The lowest BCUT2D eigenvalue weighted by Crippen LogP contribution is -2.47. The second-order valence-corrected chi connectivity index (χ2v) is 8.20. The van der Waals surface area contributed by atoms with Crippen molar-refractivity contribution in [2.75, 3.05) is 43.9 Å². The second kappa shape index (κ2) is 9.41. The van der Waals surface area contributed by atoms with Crippen LogP contribution < -0.4 is 21.5 Å². The van der Waals surface area contributed by atoms with Gasteiger partial charge in [-0.3, -0.25) is 14.4 Å². The fourth-order valence-electron chi connectivity index (χ4n) is 3.93. The van der Waals surface area contributed by atoms with Crippen molar-refractivity contribution in [3.8, 4) is 5.75 Å². The summed E-state index contributed by atoms with van der Waals surface area (Å²) in [5.74, 6) is -0.724. The van der Waals surface area contributed by atoms with E-state index in [-0.39, 0.29) is 40.5 Å². The van der Waals surface area contributed by atoms with Gasteiger partial charge < -0.3 is 25.5 Å². The van der Waals surface area contributed by atoms with E-state index in [1.807, 2.05) is 44.3 Å². The monoisotopic (exact) mass is 449 g/mol. The summed E-state index contributed by atoms with van der Waals surface area (Å²) in [6.45, 7) is 4.54. The second-order valence-electron chi connectivity index (χ2n) is 8.20. The average Bonchev–Trinajstić information content (AvgIpc) is 2.85. The van der Waals surface area contributed by atoms with Gasteiger partial charge in [0.05, 0.1) is 11.7 Å². The molecule has 1 aromatic heterocycles. The number of hydrogen-bond acceptors (Lipinski definition) is 8. The number of aromatic nitrogens is 1. The minimum absolute atomic E-state index is 0.0638. The predicted octanol–water partition coefficient (Wildman–Crippen LogP) is 2.08. The van der Waals surface area contributed by atoms with E-state index in [1.54, 1.807) is 4.90 Å². The van der Waals surface area contributed by atoms with E-state index in [1.165, 1.54) is 12.3 Å². The van der Waals surface area contributed by atoms with E-state index in [9.17, 15) is 19.5 Å². The molecule has 0 spiro atoms. The molecule has 1 aliphatic rings. The molecule has 3 aromatic rings. The number of benzene rings is 1. The van der Waals surface area contributed by atoms with Crippen molar-refractivity contribution in [1.82, 2.24) is 14.8 Å². The van der Waals surface area contributed by atoms with Crippen LogP contribution in [0.5, 0.6) is 5.75 Å². The van der Waals surface area contributed by atoms with Crippen LogP contribution >= 0.6 is 0 Å². The number of rotatable bonds is 7. The molecule has 1 fully saturated rings. The number of carbonyl (C=O) groups is 1. The first-order valence-corrected chi connectivity index (χ1v) is 11.0. The van der Waals surface area contributed by atoms with Crippen molar-refractivity contribution in [2.45, 2.75) is 19.4 Å². The number of nitrogens with zero attached hydrogens (tertiary/aromatic N) is 3. The molecular weight excluding hydrogens is 422 g/mol. The molecule has 172 valence electrons. The molecule has 2 aromatic carbocycles. The van der Waals surface area contributed by atoms with Crippen molar-refractivity contribution in [3.63, 3.8) is 0 Å². The summed E-state index contributed by atoms with van der Waals surface area (Å²) < 4.78 is 0. The number of piperazine rings is 1. The molecule has 33 heavy (non-hydrogen) atoms. The SMILES string of the molecule is CC[C@@H](Nc1c(Nc2ccnc(C(=O)N3CCN(C)CC3)c2O)c(=O)c1=O)c1ccccc1. The summed E-state index contributed by atoms with van der Waals surface area (Å²) in [6, 6.07) is 10.9. The van der Waals surface area contributed by atoms with Gasteiger partial charge in [0.2, 0.25) is 0 Å². The maximum absolute atomic E-state index is 12.9. The molecule has 1 aliphatic heterocycles. The van der Waals surface area contributed by atoms with Crippen molar-refractivity contribution in [1.29, 1.82) is 0 Å². The van der Waals surface area contributed by atoms with Crippen LogP contribution in [-0.2, 0) is 0 Å². The van der Waals surface area contributed by atoms with Crippen LogP contribution in [0.25, 0.3) is 0 Å². The van der Waals surface area contributed by atoms with Crippen molar-refractivity contribution >= 4 is 23.0 Å². The third kappa shape index (κ3) is 4.45. The number of hydrogen-bond donors (Lipinski definition) is 3. The molecule has 2 heterocycles. The molecule has 9 heteroatoms. The van der Waals surface area contributed by atoms with Crippen molar-refractivity contribution in [3.05, 3.63) is 74.3 Å². The largest absolute Gasteiger partial charge is 0.504 e.